The molecule has 0 spiro atoms. The van der Waals surface area contributed by atoms with Crippen molar-refractivity contribution in [3.63, 3.8) is 0 Å². The number of amides is 1. The van der Waals surface area contributed by atoms with Gasteiger partial charge in [-0.25, -0.2) is 0 Å². The van der Waals surface area contributed by atoms with Crippen LogP contribution < -0.4 is 15.1 Å². The number of benzene rings is 2. The van der Waals surface area contributed by atoms with Crippen LogP contribution in [0.2, 0.25) is 10.0 Å². The second-order valence-corrected chi connectivity index (χ2v) is 8.87. The molecule has 0 aliphatic carbocycles. The first-order valence-electron chi connectivity index (χ1n) is 9.12. The Morgan fingerprint density at radius 1 is 1.10 bits per heavy atom. The molecular formula is C21H13Cl2N3O4S. The van der Waals surface area contributed by atoms with E-state index in [4.69, 9.17) is 32.4 Å². The standard InChI is InChI=1S/C21H13Cl2N3O4S/c1-9-24-25-21(31-9)26-17(10-3-6-13(22)14(23)7-10)16-18(27)12-5-4-11(29-2)8-15(12)30-19(16)20(26)28/h3-8,17H,1-2H3/t17-/m0/s1. The van der Waals surface area contributed by atoms with Crippen LogP contribution in [0.4, 0.5) is 5.13 Å². The van der Waals surface area contributed by atoms with Gasteiger partial charge in [-0.2, -0.15) is 0 Å². The lowest BCUT2D eigenvalue weighted by Crippen LogP contribution is -2.29. The molecule has 1 atom stereocenters. The van der Waals surface area contributed by atoms with Gasteiger partial charge >= 0.3 is 0 Å². The third-order valence-corrected chi connectivity index (χ3v) is 6.64. The van der Waals surface area contributed by atoms with Gasteiger partial charge in [-0.3, -0.25) is 14.5 Å². The number of hydrogen-bond donors (Lipinski definition) is 0. The van der Waals surface area contributed by atoms with Gasteiger partial charge in [-0.1, -0.05) is 40.6 Å². The number of anilines is 1. The molecule has 1 aliphatic heterocycles. The first-order valence-corrected chi connectivity index (χ1v) is 10.7. The molecule has 0 radical (unpaired) electrons. The highest BCUT2D eigenvalue weighted by molar-refractivity contribution is 7.15. The second-order valence-electron chi connectivity index (χ2n) is 6.89. The zero-order valence-electron chi connectivity index (χ0n) is 16.2. The SMILES string of the molecule is COc1ccc2c(=O)c3c(oc2c1)C(=O)N(c1nnc(C)s1)[C@H]3c1ccc(Cl)c(Cl)c1. The topological polar surface area (TPSA) is 85.5 Å². The molecule has 4 aromatic rings. The number of aromatic nitrogens is 2. The van der Waals surface area contributed by atoms with Crippen molar-refractivity contribution in [3.8, 4) is 5.75 Å². The largest absolute Gasteiger partial charge is 0.497 e. The van der Waals surface area contributed by atoms with Gasteiger partial charge in [0, 0.05) is 6.07 Å². The van der Waals surface area contributed by atoms with E-state index < -0.39 is 11.9 Å². The van der Waals surface area contributed by atoms with Crippen LogP contribution in [0.1, 0.15) is 32.7 Å². The maximum Gasteiger partial charge on any atom is 0.297 e. The average Bonchev–Trinajstić information content (AvgIpc) is 3.31. The van der Waals surface area contributed by atoms with Gasteiger partial charge in [0.25, 0.3) is 5.91 Å². The molecule has 2 aromatic carbocycles. The van der Waals surface area contributed by atoms with Crippen LogP contribution in [0.15, 0.2) is 45.6 Å². The Labute approximate surface area is 189 Å². The van der Waals surface area contributed by atoms with Crippen LogP contribution >= 0.6 is 34.5 Å². The number of carbonyl (C=O) groups excluding carboxylic acids is 1. The van der Waals surface area contributed by atoms with Crippen molar-refractivity contribution in [2.75, 3.05) is 12.0 Å². The number of carbonyl (C=O) groups is 1. The second kappa shape index (κ2) is 7.33. The molecule has 0 unspecified atom stereocenters. The Hall–Kier alpha value is -2.94. The van der Waals surface area contributed by atoms with Gasteiger partial charge in [-0.05, 0) is 36.8 Å². The molecule has 0 bridgehead atoms. The molecule has 156 valence electrons. The summed E-state index contributed by atoms with van der Waals surface area (Å²) in [6.07, 6.45) is 0. The Kier molecular flexibility index (Phi) is 4.73. The fraction of sp³-hybridized carbons (Fsp3) is 0.143. The lowest BCUT2D eigenvalue weighted by atomic mass is 9.98. The minimum atomic E-state index is -0.785. The highest BCUT2D eigenvalue weighted by Crippen LogP contribution is 2.43. The molecule has 0 saturated carbocycles. The molecule has 0 saturated heterocycles. The number of methoxy groups -OCH3 is 1. The normalized spacial score (nSPS) is 15.5. The summed E-state index contributed by atoms with van der Waals surface area (Å²) in [5.74, 6) is -0.0163. The molecule has 1 aliphatic rings. The zero-order valence-corrected chi connectivity index (χ0v) is 18.5. The Morgan fingerprint density at radius 3 is 2.58 bits per heavy atom. The zero-order chi connectivity index (χ0) is 21.9. The van der Waals surface area contributed by atoms with Gasteiger partial charge in [-0.15, -0.1) is 10.2 Å². The molecule has 3 heterocycles. The molecule has 0 N–H and O–H groups in total. The van der Waals surface area contributed by atoms with Crippen molar-refractivity contribution in [3.05, 3.63) is 78.6 Å². The number of aryl methyl sites for hydroxylation is 1. The van der Waals surface area contributed by atoms with E-state index >= 15 is 0 Å². The smallest absolute Gasteiger partial charge is 0.297 e. The van der Waals surface area contributed by atoms with Gasteiger partial charge in [0.2, 0.25) is 10.9 Å². The van der Waals surface area contributed by atoms with Crippen molar-refractivity contribution in [2.45, 2.75) is 13.0 Å². The minimum Gasteiger partial charge on any atom is -0.497 e. The number of hydrogen-bond acceptors (Lipinski definition) is 7. The first-order chi connectivity index (χ1) is 14.9. The molecule has 10 heteroatoms. The predicted molar refractivity (Wildman–Crippen MR) is 119 cm³/mol. The maximum absolute atomic E-state index is 13.5. The fourth-order valence-electron chi connectivity index (χ4n) is 3.66. The summed E-state index contributed by atoms with van der Waals surface area (Å²) >= 11 is 13.6. The quantitative estimate of drug-likeness (QED) is 0.415. The molecule has 0 fully saturated rings. The fourth-order valence-corrected chi connectivity index (χ4v) is 4.68. The lowest BCUT2D eigenvalue weighted by molar-refractivity contribution is 0.0970. The van der Waals surface area contributed by atoms with Crippen LogP contribution in [-0.4, -0.2) is 23.2 Å². The van der Waals surface area contributed by atoms with Crippen LogP contribution in [0.25, 0.3) is 11.0 Å². The van der Waals surface area contributed by atoms with Gasteiger partial charge in [0.05, 0.1) is 34.1 Å². The minimum absolute atomic E-state index is 0.0466. The van der Waals surface area contributed by atoms with Crippen LogP contribution in [0.5, 0.6) is 5.75 Å². The van der Waals surface area contributed by atoms with E-state index in [1.54, 1.807) is 43.3 Å². The highest BCUT2D eigenvalue weighted by atomic mass is 35.5. The van der Waals surface area contributed by atoms with Gasteiger partial charge in [0.15, 0.2) is 5.43 Å². The Bertz CT molecular complexity index is 1430. The highest BCUT2D eigenvalue weighted by Gasteiger charge is 2.45. The number of ether oxygens (including phenoxy) is 1. The van der Waals surface area contributed by atoms with Crippen LogP contribution in [-0.2, 0) is 0 Å². The van der Waals surface area contributed by atoms with Gasteiger partial charge in [0.1, 0.15) is 16.3 Å². The predicted octanol–water partition coefficient (Wildman–Crippen LogP) is 5.02. The van der Waals surface area contributed by atoms with Gasteiger partial charge < -0.3 is 9.15 Å². The summed E-state index contributed by atoms with van der Waals surface area (Å²) in [4.78, 5) is 28.4. The van der Waals surface area contributed by atoms with E-state index in [2.05, 4.69) is 10.2 Å². The molecular weight excluding hydrogens is 461 g/mol. The van der Waals surface area contributed by atoms with Crippen molar-refractivity contribution >= 4 is 56.5 Å². The van der Waals surface area contributed by atoms with E-state index in [-0.39, 0.29) is 22.3 Å². The summed E-state index contributed by atoms with van der Waals surface area (Å²) in [6, 6.07) is 9.06. The van der Waals surface area contributed by atoms with Crippen molar-refractivity contribution in [1.82, 2.24) is 10.2 Å². The molecule has 2 aromatic heterocycles. The third kappa shape index (κ3) is 3.10. The maximum atomic E-state index is 13.5. The van der Waals surface area contributed by atoms with E-state index in [0.717, 1.165) is 0 Å². The summed E-state index contributed by atoms with van der Waals surface area (Å²) < 4.78 is 11.1. The van der Waals surface area contributed by atoms with Crippen molar-refractivity contribution < 1.29 is 13.9 Å². The first kappa shape index (κ1) is 20.0. The number of fused-ring (bicyclic) bond motifs is 2. The van der Waals surface area contributed by atoms with Crippen molar-refractivity contribution in [2.24, 2.45) is 0 Å². The molecule has 7 nitrogen and oxygen atoms in total. The third-order valence-electron chi connectivity index (χ3n) is 5.06. The van der Waals surface area contributed by atoms with Crippen LogP contribution in [0, 0.1) is 6.92 Å². The number of halogens is 2. The lowest BCUT2D eigenvalue weighted by Gasteiger charge is -2.22. The number of nitrogens with zero attached hydrogens (tertiary/aromatic N) is 3. The Morgan fingerprint density at radius 2 is 1.90 bits per heavy atom. The molecule has 1 amide bonds. The van der Waals surface area contributed by atoms with Crippen molar-refractivity contribution in [1.29, 1.82) is 0 Å². The molecule has 5 rings (SSSR count). The van der Waals surface area contributed by atoms with E-state index in [0.29, 0.717) is 36.9 Å². The summed E-state index contributed by atoms with van der Waals surface area (Å²) in [7, 11) is 1.51. The number of rotatable bonds is 3. The summed E-state index contributed by atoms with van der Waals surface area (Å²) in [5, 5.41) is 10.2. The Balaban J connectivity index is 1.81. The van der Waals surface area contributed by atoms with E-state index in [9.17, 15) is 9.59 Å². The van der Waals surface area contributed by atoms with E-state index in [1.807, 2.05) is 0 Å². The summed E-state index contributed by atoms with van der Waals surface area (Å²) in [6.45, 7) is 1.78. The summed E-state index contributed by atoms with van der Waals surface area (Å²) in [5.41, 5.74) is 0.773. The average molecular weight is 474 g/mol. The van der Waals surface area contributed by atoms with Crippen LogP contribution in [0.3, 0.4) is 0 Å². The van der Waals surface area contributed by atoms with E-state index in [1.165, 1.54) is 23.3 Å². The monoisotopic (exact) mass is 473 g/mol. The molecule has 31 heavy (non-hydrogen) atoms.